The first kappa shape index (κ1) is 15.3. The van der Waals surface area contributed by atoms with Crippen LogP contribution in [0, 0.1) is 11.8 Å². The molecule has 0 heterocycles. The minimum atomic E-state index is -3.42. The Hall–Kier alpha value is -1.07. The van der Waals surface area contributed by atoms with Crippen LogP contribution in [-0.4, -0.2) is 21.5 Å². The summed E-state index contributed by atoms with van der Waals surface area (Å²) in [5.41, 5.74) is 0.906. The van der Waals surface area contributed by atoms with Crippen LogP contribution in [0.3, 0.4) is 0 Å². The third-order valence-electron chi connectivity index (χ3n) is 4.47. The summed E-state index contributed by atoms with van der Waals surface area (Å²) in [5.74, 6) is 0.957. The zero-order valence-electron chi connectivity index (χ0n) is 12.4. The molecule has 0 amide bonds. The van der Waals surface area contributed by atoms with E-state index in [2.05, 4.69) is 23.9 Å². The van der Waals surface area contributed by atoms with E-state index < -0.39 is 10.0 Å². The van der Waals surface area contributed by atoms with Crippen molar-refractivity contribution in [1.29, 1.82) is 0 Å². The Labute approximate surface area is 122 Å². The summed E-state index contributed by atoms with van der Waals surface area (Å²) in [5, 5.41) is 2.98. The van der Waals surface area contributed by atoms with E-state index in [1.807, 2.05) is 7.05 Å². The maximum Gasteiger partial charge on any atom is 0.240 e. The quantitative estimate of drug-likeness (QED) is 0.898. The van der Waals surface area contributed by atoms with Crippen LogP contribution >= 0.6 is 0 Å². The average molecular weight is 296 g/mol. The Bertz CT molecular complexity index is 539. The van der Waals surface area contributed by atoms with Crippen LogP contribution in [0.2, 0.25) is 0 Å². The fraction of sp³-hybridized carbons (Fsp3) is 0.600. The molecular formula is C15H24N2O2S. The maximum atomic E-state index is 12.4. The highest BCUT2D eigenvalue weighted by Crippen LogP contribution is 2.30. The van der Waals surface area contributed by atoms with Crippen LogP contribution < -0.4 is 10.0 Å². The number of sulfonamides is 1. The Morgan fingerprint density at radius 1 is 1.10 bits per heavy atom. The first-order chi connectivity index (χ1) is 9.44. The Morgan fingerprint density at radius 3 is 2.35 bits per heavy atom. The van der Waals surface area contributed by atoms with E-state index in [9.17, 15) is 8.42 Å². The van der Waals surface area contributed by atoms with Crippen LogP contribution in [-0.2, 0) is 10.0 Å². The van der Waals surface area contributed by atoms with Gasteiger partial charge < -0.3 is 5.32 Å². The van der Waals surface area contributed by atoms with E-state index in [-0.39, 0.29) is 6.04 Å². The standard InChI is InChI=1S/C15H24N2O2S/c1-11-5-4-6-15(12(11)2)17-20(18,19)14-9-7-13(16-3)8-10-14/h7-12,15-17H,4-6H2,1-3H3. The molecule has 2 rings (SSSR count). The van der Waals surface area contributed by atoms with Crippen molar-refractivity contribution in [2.24, 2.45) is 11.8 Å². The van der Waals surface area contributed by atoms with Crippen molar-refractivity contribution in [2.45, 2.75) is 44.0 Å². The van der Waals surface area contributed by atoms with E-state index in [0.717, 1.165) is 18.5 Å². The predicted molar refractivity (Wildman–Crippen MR) is 82.3 cm³/mol. The van der Waals surface area contributed by atoms with Crippen molar-refractivity contribution >= 4 is 15.7 Å². The normalized spacial score (nSPS) is 27.2. The van der Waals surface area contributed by atoms with Crippen molar-refractivity contribution in [3.05, 3.63) is 24.3 Å². The van der Waals surface area contributed by atoms with Gasteiger partial charge in [0.25, 0.3) is 0 Å². The number of rotatable bonds is 4. The van der Waals surface area contributed by atoms with Crippen molar-refractivity contribution in [2.75, 3.05) is 12.4 Å². The summed E-state index contributed by atoms with van der Waals surface area (Å²) in [7, 11) is -1.61. The molecule has 20 heavy (non-hydrogen) atoms. The van der Waals surface area contributed by atoms with E-state index in [0.29, 0.717) is 16.7 Å². The summed E-state index contributed by atoms with van der Waals surface area (Å²) in [6.07, 6.45) is 3.22. The molecule has 1 aromatic rings. The second kappa shape index (κ2) is 6.14. The number of nitrogens with one attached hydrogen (secondary N) is 2. The molecule has 0 saturated heterocycles. The summed E-state index contributed by atoms with van der Waals surface area (Å²) >= 11 is 0. The zero-order chi connectivity index (χ0) is 14.8. The smallest absolute Gasteiger partial charge is 0.240 e. The van der Waals surface area contributed by atoms with Gasteiger partial charge in [0.2, 0.25) is 10.0 Å². The number of hydrogen-bond donors (Lipinski definition) is 2. The summed E-state index contributed by atoms with van der Waals surface area (Å²) < 4.78 is 27.7. The lowest BCUT2D eigenvalue weighted by molar-refractivity contribution is 0.227. The summed E-state index contributed by atoms with van der Waals surface area (Å²) in [6.45, 7) is 4.34. The van der Waals surface area contributed by atoms with E-state index in [4.69, 9.17) is 0 Å². The molecule has 0 aromatic heterocycles. The SMILES string of the molecule is CNc1ccc(S(=O)(=O)NC2CCCC(C)C2C)cc1. The molecule has 112 valence electrons. The van der Waals surface area contributed by atoms with Gasteiger partial charge in [-0.25, -0.2) is 13.1 Å². The average Bonchev–Trinajstić information content (AvgIpc) is 2.44. The highest BCUT2D eigenvalue weighted by molar-refractivity contribution is 7.89. The van der Waals surface area contributed by atoms with Crippen LogP contribution in [0.15, 0.2) is 29.2 Å². The fourth-order valence-electron chi connectivity index (χ4n) is 2.82. The topological polar surface area (TPSA) is 58.2 Å². The first-order valence-corrected chi connectivity index (χ1v) is 8.72. The van der Waals surface area contributed by atoms with Gasteiger partial charge in [0.1, 0.15) is 0 Å². The van der Waals surface area contributed by atoms with Gasteiger partial charge in [-0.05, 0) is 42.5 Å². The van der Waals surface area contributed by atoms with Crippen molar-refractivity contribution in [3.8, 4) is 0 Å². The number of anilines is 1. The van der Waals surface area contributed by atoms with Gasteiger partial charge in [0.05, 0.1) is 4.90 Å². The second-order valence-electron chi connectivity index (χ2n) is 5.77. The Kier molecular flexibility index (Phi) is 4.70. The molecule has 0 radical (unpaired) electrons. The number of hydrogen-bond acceptors (Lipinski definition) is 3. The molecule has 1 saturated carbocycles. The molecule has 1 aliphatic rings. The molecule has 3 unspecified atom stereocenters. The van der Waals surface area contributed by atoms with Crippen molar-refractivity contribution < 1.29 is 8.42 Å². The highest BCUT2D eigenvalue weighted by Gasteiger charge is 2.30. The van der Waals surface area contributed by atoms with Crippen molar-refractivity contribution in [3.63, 3.8) is 0 Å². The third kappa shape index (κ3) is 3.33. The molecule has 5 heteroatoms. The first-order valence-electron chi connectivity index (χ1n) is 7.24. The molecule has 2 N–H and O–H groups in total. The highest BCUT2D eigenvalue weighted by atomic mass is 32.2. The maximum absolute atomic E-state index is 12.4. The van der Waals surface area contributed by atoms with Crippen molar-refractivity contribution in [1.82, 2.24) is 4.72 Å². The van der Waals surface area contributed by atoms with Crippen LogP contribution in [0.25, 0.3) is 0 Å². The van der Waals surface area contributed by atoms with Gasteiger partial charge in [-0.1, -0.05) is 26.7 Å². The summed E-state index contributed by atoms with van der Waals surface area (Å²) in [4.78, 5) is 0.335. The lowest BCUT2D eigenvalue weighted by atomic mass is 9.78. The second-order valence-corrected chi connectivity index (χ2v) is 7.48. The molecule has 3 atom stereocenters. The molecular weight excluding hydrogens is 272 g/mol. The molecule has 4 nitrogen and oxygen atoms in total. The van der Waals surface area contributed by atoms with Gasteiger partial charge in [-0.2, -0.15) is 0 Å². The fourth-order valence-corrected chi connectivity index (χ4v) is 4.18. The van der Waals surface area contributed by atoms with Gasteiger partial charge in [0, 0.05) is 18.8 Å². The van der Waals surface area contributed by atoms with Gasteiger partial charge in [-0.15, -0.1) is 0 Å². The van der Waals surface area contributed by atoms with Gasteiger partial charge in [-0.3, -0.25) is 0 Å². The third-order valence-corrected chi connectivity index (χ3v) is 5.97. The molecule has 0 aliphatic heterocycles. The van der Waals surface area contributed by atoms with Gasteiger partial charge in [0.15, 0.2) is 0 Å². The number of benzene rings is 1. The Balaban J connectivity index is 2.13. The monoisotopic (exact) mass is 296 g/mol. The van der Waals surface area contributed by atoms with Gasteiger partial charge >= 0.3 is 0 Å². The molecule has 1 fully saturated rings. The van der Waals surface area contributed by atoms with E-state index >= 15 is 0 Å². The van der Waals surface area contributed by atoms with E-state index in [1.165, 1.54) is 6.42 Å². The largest absolute Gasteiger partial charge is 0.388 e. The van der Waals surface area contributed by atoms with Crippen LogP contribution in [0.5, 0.6) is 0 Å². The predicted octanol–water partition coefficient (Wildman–Crippen LogP) is 2.83. The summed E-state index contributed by atoms with van der Waals surface area (Å²) in [6, 6.07) is 6.90. The molecule has 0 bridgehead atoms. The molecule has 0 spiro atoms. The lowest BCUT2D eigenvalue weighted by Crippen LogP contribution is -2.43. The van der Waals surface area contributed by atoms with Crippen LogP contribution in [0.4, 0.5) is 5.69 Å². The molecule has 1 aliphatic carbocycles. The molecule has 1 aromatic carbocycles. The van der Waals surface area contributed by atoms with Crippen LogP contribution in [0.1, 0.15) is 33.1 Å². The minimum Gasteiger partial charge on any atom is -0.388 e. The minimum absolute atomic E-state index is 0.0488. The Morgan fingerprint density at radius 2 is 1.75 bits per heavy atom. The van der Waals surface area contributed by atoms with E-state index in [1.54, 1.807) is 24.3 Å². The zero-order valence-corrected chi connectivity index (χ0v) is 13.2. The lowest BCUT2D eigenvalue weighted by Gasteiger charge is -2.34.